The fourth-order valence-corrected chi connectivity index (χ4v) is 4.50. The highest BCUT2D eigenvalue weighted by molar-refractivity contribution is 7.89. The lowest BCUT2D eigenvalue weighted by molar-refractivity contribution is -0.123. The topological polar surface area (TPSA) is 66.5 Å². The minimum atomic E-state index is -3.47. The fourth-order valence-electron chi connectivity index (χ4n) is 2.54. The van der Waals surface area contributed by atoms with Crippen LogP contribution in [0, 0.1) is 5.92 Å². The van der Waals surface area contributed by atoms with Gasteiger partial charge >= 0.3 is 0 Å². The molecule has 1 aliphatic carbocycles. The molecule has 0 aliphatic heterocycles. The Morgan fingerprint density at radius 3 is 2.21 bits per heavy atom. The smallest absolute Gasteiger partial charge is 0.243 e. The molecule has 1 fully saturated rings. The predicted molar refractivity (Wildman–Crippen MR) is 95.7 cm³/mol. The molecule has 0 heterocycles. The van der Waals surface area contributed by atoms with Gasteiger partial charge in [-0.05, 0) is 31.0 Å². The summed E-state index contributed by atoms with van der Waals surface area (Å²) in [5.74, 6) is -0.571. The SMILES string of the molecule is CCN(CC)S(=O)(=O)c1ccc(C(C)NC(=O)C2CC2(Cl)Cl)cc1. The first-order chi connectivity index (χ1) is 11.1. The Hall–Kier alpha value is -0.820. The molecule has 134 valence electrons. The highest BCUT2D eigenvalue weighted by Crippen LogP contribution is 2.53. The molecule has 1 saturated carbocycles. The van der Waals surface area contributed by atoms with Crippen molar-refractivity contribution in [2.24, 2.45) is 5.92 Å². The monoisotopic (exact) mass is 392 g/mol. The molecule has 0 bridgehead atoms. The number of hydrogen-bond acceptors (Lipinski definition) is 3. The van der Waals surface area contributed by atoms with Crippen LogP contribution >= 0.6 is 23.2 Å². The molecule has 1 aliphatic rings. The standard InChI is InChI=1S/C16H22Cl2N2O3S/c1-4-20(5-2)24(22,23)13-8-6-12(7-9-13)11(3)19-15(21)14-10-16(14,17)18/h6-9,11,14H,4-5,10H2,1-3H3,(H,19,21). The number of benzene rings is 1. The lowest BCUT2D eigenvalue weighted by Gasteiger charge is -2.19. The first-order valence-electron chi connectivity index (χ1n) is 7.91. The van der Waals surface area contributed by atoms with E-state index < -0.39 is 14.4 Å². The largest absolute Gasteiger partial charge is 0.349 e. The number of rotatable bonds is 7. The Labute approximate surface area is 153 Å². The molecule has 1 aromatic carbocycles. The molecule has 0 saturated heterocycles. The zero-order valence-electron chi connectivity index (χ0n) is 13.9. The molecule has 1 amide bonds. The molecule has 5 nitrogen and oxygen atoms in total. The zero-order valence-corrected chi connectivity index (χ0v) is 16.2. The van der Waals surface area contributed by atoms with Crippen LogP contribution < -0.4 is 5.32 Å². The van der Waals surface area contributed by atoms with Crippen LogP contribution in [0.4, 0.5) is 0 Å². The van der Waals surface area contributed by atoms with Crippen molar-refractivity contribution in [3.63, 3.8) is 0 Å². The van der Waals surface area contributed by atoms with Gasteiger partial charge in [-0.15, -0.1) is 23.2 Å². The highest BCUT2D eigenvalue weighted by atomic mass is 35.5. The van der Waals surface area contributed by atoms with Gasteiger partial charge in [0.2, 0.25) is 15.9 Å². The summed E-state index contributed by atoms with van der Waals surface area (Å²) in [4.78, 5) is 12.3. The van der Waals surface area contributed by atoms with Crippen LogP contribution in [0.2, 0.25) is 0 Å². The number of carbonyl (C=O) groups excluding carboxylic acids is 1. The van der Waals surface area contributed by atoms with Gasteiger partial charge in [-0.25, -0.2) is 8.42 Å². The van der Waals surface area contributed by atoms with Crippen molar-refractivity contribution in [1.82, 2.24) is 9.62 Å². The summed E-state index contributed by atoms with van der Waals surface area (Å²) >= 11 is 11.8. The number of nitrogens with one attached hydrogen (secondary N) is 1. The van der Waals surface area contributed by atoms with E-state index in [1.54, 1.807) is 38.1 Å². The second-order valence-corrected chi connectivity index (χ2v) is 9.39. The molecule has 0 radical (unpaired) electrons. The number of nitrogens with zero attached hydrogens (tertiary/aromatic N) is 1. The summed E-state index contributed by atoms with van der Waals surface area (Å²) < 4.78 is 25.3. The van der Waals surface area contributed by atoms with Crippen molar-refractivity contribution in [1.29, 1.82) is 0 Å². The third-order valence-corrected chi connectivity index (χ3v) is 7.12. The molecule has 2 rings (SSSR count). The Morgan fingerprint density at radius 2 is 1.79 bits per heavy atom. The Bertz CT molecular complexity index is 701. The maximum atomic E-state index is 12.4. The van der Waals surface area contributed by atoms with Crippen LogP contribution in [0.3, 0.4) is 0 Å². The third kappa shape index (κ3) is 4.04. The minimum Gasteiger partial charge on any atom is -0.349 e. The van der Waals surface area contributed by atoms with Gasteiger partial charge in [0, 0.05) is 13.1 Å². The normalized spacial score (nSPS) is 20.7. The number of carbonyl (C=O) groups is 1. The van der Waals surface area contributed by atoms with Gasteiger partial charge < -0.3 is 5.32 Å². The van der Waals surface area contributed by atoms with E-state index in [-0.39, 0.29) is 22.8 Å². The van der Waals surface area contributed by atoms with Crippen molar-refractivity contribution < 1.29 is 13.2 Å². The van der Waals surface area contributed by atoms with Crippen molar-refractivity contribution in [3.8, 4) is 0 Å². The van der Waals surface area contributed by atoms with Crippen LogP contribution in [-0.4, -0.2) is 36.1 Å². The number of amides is 1. The molecular weight excluding hydrogens is 371 g/mol. The second kappa shape index (κ2) is 7.20. The number of hydrogen-bond donors (Lipinski definition) is 1. The van der Waals surface area contributed by atoms with Crippen LogP contribution in [-0.2, 0) is 14.8 Å². The lowest BCUT2D eigenvalue weighted by atomic mass is 10.1. The molecule has 0 spiro atoms. The summed E-state index contributed by atoms with van der Waals surface area (Å²) in [5, 5.41) is 2.85. The van der Waals surface area contributed by atoms with Crippen molar-refractivity contribution in [3.05, 3.63) is 29.8 Å². The maximum Gasteiger partial charge on any atom is 0.243 e. The predicted octanol–water partition coefficient (Wildman–Crippen LogP) is 3.09. The zero-order chi connectivity index (χ0) is 18.1. The van der Waals surface area contributed by atoms with E-state index in [4.69, 9.17) is 23.2 Å². The lowest BCUT2D eigenvalue weighted by Crippen LogP contribution is -2.31. The summed E-state index contributed by atoms with van der Waals surface area (Å²) in [6.45, 7) is 6.29. The van der Waals surface area contributed by atoms with E-state index in [0.29, 0.717) is 19.5 Å². The van der Waals surface area contributed by atoms with Gasteiger partial charge in [0.15, 0.2) is 0 Å². The van der Waals surface area contributed by atoms with Gasteiger partial charge in [-0.1, -0.05) is 26.0 Å². The van der Waals surface area contributed by atoms with E-state index in [9.17, 15) is 13.2 Å². The average Bonchev–Trinajstić information content (AvgIpc) is 3.17. The van der Waals surface area contributed by atoms with Crippen LogP contribution in [0.1, 0.15) is 38.8 Å². The molecule has 1 N–H and O–H groups in total. The van der Waals surface area contributed by atoms with Gasteiger partial charge in [0.25, 0.3) is 0 Å². The summed E-state index contributed by atoms with van der Waals surface area (Å²) in [6.07, 6.45) is 0.454. The number of alkyl halides is 2. The molecule has 0 aromatic heterocycles. The van der Waals surface area contributed by atoms with Crippen LogP contribution in [0.5, 0.6) is 0 Å². The van der Waals surface area contributed by atoms with E-state index in [0.717, 1.165) is 5.56 Å². The van der Waals surface area contributed by atoms with E-state index in [1.165, 1.54) is 4.31 Å². The quantitative estimate of drug-likeness (QED) is 0.724. The maximum absolute atomic E-state index is 12.4. The molecular formula is C16H22Cl2N2O3S. The van der Waals surface area contributed by atoms with Gasteiger partial charge in [-0.2, -0.15) is 4.31 Å². The van der Waals surface area contributed by atoms with E-state index in [1.807, 2.05) is 6.92 Å². The average molecular weight is 393 g/mol. The number of halogens is 2. The Morgan fingerprint density at radius 1 is 1.29 bits per heavy atom. The third-order valence-electron chi connectivity index (χ3n) is 4.22. The summed E-state index contributed by atoms with van der Waals surface area (Å²) in [6, 6.07) is 6.30. The summed E-state index contributed by atoms with van der Waals surface area (Å²) in [7, 11) is -3.47. The van der Waals surface area contributed by atoms with Crippen molar-refractivity contribution in [2.45, 2.75) is 42.5 Å². The van der Waals surface area contributed by atoms with Gasteiger partial charge in [0.05, 0.1) is 16.9 Å². The second-order valence-electron chi connectivity index (χ2n) is 5.91. The molecule has 24 heavy (non-hydrogen) atoms. The van der Waals surface area contributed by atoms with Gasteiger partial charge in [0.1, 0.15) is 4.33 Å². The fraction of sp³-hybridized carbons (Fsp3) is 0.562. The molecule has 2 atom stereocenters. The van der Waals surface area contributed by atoms with Crippen molar-refractivity contribution >= 4 is 39.1 Å². The molecule has 8 heteroatoms. The minimum absolute atomic E-state index is 0.188. The summed E-state index contributed by atoms with van der Waals surface area (Å²) in [5.41, 5.74) is 0.817. The van der Waals surface area contributed by atoms with E-state index in [2.05, 4.69) is 5.32 Å². The number of sulfonamides is 1. The first kappa shape index (κ1) is 19.5. The van der Waals surface area contributed by atoms with Crippen molar-refractivity contribution in [2.75, 3.05) is 13.1 Å². The molecule has 1 aromatic rings. The van der Waals surface area contributed by atoms with Gasteiger partial charge in [-0.3, -0.25) is 4.79 Å². The Kier molecular flexibility index (Phi) is 5.85. The first-order valence-corrected chi connectivity index (χ1v) is 10.1. The molecule has 2 unspecified atom stereocenters. The van der Waals surface area contributed by atoms with E-state index >= 15 is 0 Å². The highest BCUT2D eigenvalue weighted by Gasteiger charge is 2.56. The van der Waals surface area contributed by atoms with Crippen LogP contribution in [0.15, 0.2) is 29.2 Å². The Balaban J connectivity index is 2.07. The van der Waals surface area contributed by atoms with Crippen LogP contribution in [0.25, 0.3) is 0 Å².